The zero-order valence-electron chi connectivity index (χ0n) is 14.1. The van der Waals surface area contributed by atoms with Crippen molar-refractivity contribution in [2.24, 2.45) is 0 Å². The first kappa shape index (κ1) is 19.0. The number of rotatable bonds is 5. The number of hydrogen-bond donors (Lipinski definition) is 1. The predicted octanol–water partition coefficient (Wildman–Crippen LogP) is 3.48. The smallest absolute Gasteiger partial charge is 0.159 e. The van der Waals surface area contributed by atoms with Crippen molar-refractivity contribution in [2.75, 3.05) is 0 Å². The molecule has 27 heavy (non-hydrogen) atoms. The van der Waals surface area contributed by atoms with Crippen LogP contribution >= 0.6 is 12.4 Å². The molecule has 0 saturated heterocycles. The number of hydrogen-bond acceptors (Lipinski definition) is 4. The van der Waals surface area contributed by atoms with Gasteiger partial charge in [-0.2, -0.15) is 5.26 Å². The number of nitrogens with zero attached hydrogens (tertiary/aromatic N) is 4. The van der Waals surface area contributed by atoms with Crippen LogP contribution in [-0.2, 0) is 6.54 Å². The van der Waals surface area contributed by atoms with Crippen LogP contribution in [0.15, 0.2) is 48.7 Å². The zero-order valence-corrected chi connectivity index (χ0v) is 15.0. The number of nitrogens with one attached hydrogen (secondary N) is 1. The van der Waals surface area contributed by atoms with Gasteiger partial charge in [-0.25, -0.2) is 13.5 Å². The molecule has 1 saturated carbocycles. The minimum absolute atomic E-state index is 0. The highest BCUT2D eigenvalue weighted by Crippen LogP contribution is 2.41. The summed E-state index contributed by atoms with van der Waals surface area (Å²) in [6.45, 7) is 0.531. The van der Waals surface area contributed by atoms with Crippen molar-refractivity contribution in [3.05, 3.63) is 77.1 Å². The monoisotopic (exact) mass is 387 g/mol. The van der Waals surface area contributed by atoms with Crippen molar-refractivity contribution < 1.29 is 8.78 Å². The predicted molar refractivity (Wildman–Crippen MR) is 97.7 cm³/mol. The van der Waals surface area contributed by atoms with E-state index in [-0.39, 0.29) is 24.4 Å². The van der Waals surface area contributed by atoms with Gasteiger partial charge in [-0.05, 0) is 42.3 Å². The number of aromatic nitrogens is 3. The molecule has 8 heteroatoms. The summed E-state index contributed by atoms with van der Waals surface area (Å²) in [5.74, 6) is -1.45. The van der Waals surface area contributed by atoms with E-state index in [9.17, 15) is 8.78 Å². The summed E-state index contributed by atoms with van der Waals surface area (Å²) in [6.07, 6.45) is 2.68. The molecular formula is C19H16ClF2N5. The van der Waals surface area contributed by atoms with Gasteiger partial charge in [-0.1, -0.05) is 17.3 Å². The van der Waals surface area contributed by atoms with Gasteiger partial charge < -0.3 is 5.32 Å². The molecule has 1 fully saturated rings. The quantitative estimate of drug-likeness (QED) is 0.727. The summed E-state index contributed by atoms with van der Waals surface area (Å²) in [7, 11) is 0. The van der Waals surface area contributed by atoms with E-state index < -0.39 is 11.6 Å². The van der Waals surface area contributed by atoms with Crippen molar-refractivity contribution in [2.45, 2.75) is 24.9 Å². The highest BCUT2D eigenvalue weighted by Gasteiger charge is 2.38. The van der Waals surface area contributed by atoms with Gasteiger partial charge in [0.2, 0.25) is 0 Å². The fourth-order valence-corrected chi connectivity index (χ4v) is 2.99. The third kappa shape index (κ3) is 4.13. The van der Waals surface area contributed by atoms with Crippen LogP contribution < -0.4 is 5.32 Å². The molecule has 2 atom stereocenters. The van der Waals surface area contributed by atoms with Crippen molar-refractivity contribution in [3.63, 3.8) is 0 Å². The van der Waals surface area contributed by atoms with E-state index in [1.807, 2.05) is 6.07 Å². The lowest BCUT2D eigenvalue weighted by Gasteiger charge is -2.03. The Morgan fingerprint density at radius 3 is 2.81 bits per heavy atom. The molecule has 3 aromatic rings. The van der Waals surface area contributed by atoms with Gasteiger partial charge in [0.05, 0.1) is 29.2 Å². The molecule has 138 valence electrons. The van der Waals surface area contributed by atoms with Gasteiger partial charge in [-0.3, -0.25) is 0 Å². The van der Waals surface area contributed by atoms with E-state index >= 15 is 0 Å². The molecule has 0 spiro atoms. The maximum absolute atomic E-state index is 13.3. The summed E-state index contributed by atoms with van der Waals surface area (Å²) in [5.41, 5.74) is 2.90. The standard InChI is InChI=1S/C19H15F2N5.ClH/c20-17-5-4-13(7-18(17)21)16-8-19(16)23-10-14-11-26(25-24-14)15-3-1-2-12(6-15)9-22;/h1-7,11,16,19,23H,8,10H2;1H/t16-,19+;/m0./s1. The van der Waals surface area contributed by atoms with E-state index in [4.69, 9.17) is 5.26 Å². The maximum Gasteiger partial charge on any atom is 0.159 e. The molecule has 1 N–H and O–H groups in total. The second-order valence-electron chi connectivity index (χ2n) is 6.32. The first-order valence-corrected chi connectivity index (χ1v) is 8.24. The molecule has 0 unspecified atom stereocenters. The average Bonchev–Trinajstić information content (AvgIpc) is 3.29. The summed E-state index contributed by atoms with van der Waals surface area (Å²) < 4.78 is 28.0. The van der Waals surface area contributed by atoms with Crippen LogP contribution in [0.5, 0.6) is 0 Å². The lowest BCUT2D eigenvalue weighted by Crippen LogP contribution is -2.17. The molecule has 1 aromatic heterocycles. The molecule has 0 amide bonds. The van der Waals surface area contributed by atoms with Gasteiger partial charge >= 0.3 is 0 Å². The second kappa shape index (κ2) is 7.82. The average molecular weight is 388 g/mol. The van der Waals surface area contributed by atoms with Gasteiger partial charge in [0.25, 0.3) is 0 Å². The first-order chi connectivity index (χ1) is 12.6. The highest BCUT2D eigenvalue weighted by molar-refractivity contribution is 5.85. The van der Waals surface area contributed by atoms with E-state index in [2.05, 4.69) is 21.7 Å². The van der Waals surface area contributed by atoms with Crippen molar-refractivity contribution >= 4 is 12.4 Å². The number of halogens is 3. The summed E-state index contributed by atoms with van der Waals surface area (Å²) in [6, 6.07) is 13.5. The molecule has 4 rings (SSSR count). The van der Waals surface area contributed by atoms with Crippen LogP contribution in [0.3, 0.4) is 0 Å². The zero-order chi connectivity index (χ0) is 18.1. The van der Waals surface area contributed by atoms with Gasteiger partial charge in [0.1, 0.15) is 0 Å². The van der Waals surface area contributed by atoms with Gasteiger partial charge in [0.15, 0.2) is 11.6 Å². The minimum atomic E-state index is -0.823. The lowest BCUT2D eigenvalue weighted by molar-refractivity contribution is 0.506. The maximum atomic E-state index is 13.3. The van der Waals surface area contributed by atoms with Gasteiger partial charge in [0, 0.05) is 18.5 Å². The molecule has 1 aliphatic rings. The summed E-state index contributed by atoms with van der Waals surface area (Å²) in [4.78, 5) is 0. The van der Waals surface area contributed by atoms with Crippen LogP contribution in [0.4, 0.5) is 8.78 Å². The van der Waals surface area contributed by atoms with Crippen LogP contribution in [0.2, 0.25) is 0 Å². The highest BCUT2D eigenvalue weighted by atomic mass is 35.5. The Morgan fingerprint density at radius 2 is 2.04 bits per heavy atom. The van der Waals surface area contributed by atoms with E-state index in [0.29, 0.717) is 12.1 Å². The molecular weight excluding hydrogens is 372 g/mol. The Kier molecular flexibility index (Phi) is 5.49. The van der Waals surface area contributed by atoms with Crippen LogP contribution in [0, 0.1) is 23.0 Å². The third-order valence-corrected chi connectivity index (χ3v) is 4.49. The molecule has 1 heterocycles. The number of benzene rings is 2. The second-order valence-corrected chi connectivity index (χ2v) is 6.32. The SMILES string of the molecule is Cl.N#Cc1cccc(-n2cc(CN[C@@H]3C[C@H]3c3ccc(F)c(F)c3)nn2)c1. The fraction of sp³-hybridized carbons (Fsp3) is 0.211. The topological polar surface area (TPSA) is 66.5 Å². The molecule has 0 bridgehead atoms. The third-order valence-electron chi connectivity index (χ3n) is 4.49. The largest absolute Gasteiger partial charge is 0.308 e. The summed E-state index contributed by atoms with van der Waals surface area (Å²) in [5, 5.41) is 20.5. The van der Waals surface area contributed by atoms with E-state index in [0.717, 1.165) is 23.4 Å². The van der Waals surface area contributed by atoms with Gasteiger partial charge in [-0.15, -0.1) is 17.5 Å². The Bertz CT molecular complexity index is 998. The Balaban J connectivity index is 0.00000210. The Hall–Kier alpha value is -2.82. The van der Waals surface area contributed by atoms with Crippen LogP contribution in [0.1, 0.15) is 29.2 Å². The molecule has 5 nitrogen and oxygen atoms in total. The van der Waals surface area contributed by atoms with Crippen molar-refractivity contribution in [3.8, 4) is 11.8 Å². The Labute approximate surface area is 161 Å². The molecule has 0 radical (unpaired) electrons. The van der Waals surface area contributed by atoms with Crippen LogP contribution in [-0.4, -0.2) is 21.0 Å². The first-order valence-electron chi connectivity index (χ1n) is 8.24. The van der Waals surface area contributed by atoms with Crippen molar-refractivity contribution in [1.29, 1.82) is 5.26 Å². The lowest BCUT2D eigenvalue weighted by atomic mass is 10.1. The molecule has 0 aliphatic heterocycles. The molecule has 1 aliphatic carbocycles. The number of nitriles is 1. The van der Waals surface area contributed by atoms with Crippen molar-refractivity contribution in [1.82, 2.24) is 20.3 Å². The summed E-state index contributed by atoms with van der Waals surface area (Å²) >= 11 is 0. The van der Waals surface area contributed by atoms with Crippen LogP contribution in [0.25, 0.3) is 5.69 Å². The molecule has 2 aromatic carbocycles. The minimum Gasteiger partial charge on any atom is -0.308 e. The fourth-order valence-electron chi connectivity index (χ4n) is 2.99. The van der Waals surface area contributed by atoms with E-state index in [1.54, 1.807) is 35.1 Å². The normalized spacial score (nSPS) is 17.8. The van der Waals surface area contributed by atoms with E-state index in [1.165, 1.54) is 12.1 Å². The Morgan fingerprint density at radius 1 is 1.19 bits per heavy atom.